The highest BCUT2D eigenvalue weighted by Crippen LogP contribution is 2.30. The quantitative estimate of drug-likeness (QED) is 0.560. The Hall–Kier alpha value is -1.06. The summed E-state index contributed by atoms with van der Waals surface area (Å²) in [5, 5.41) is 0. The Balaban J connectivity index is 2.87. The second-order valence-corrected chi connectivity index (χ2v) is 2.53. The lowest BCUT2D eigenvalue weighted by Crippen LogP contribution is -2.12. The second-order valence-electron chi connectivity index (χ2n) is 2.53. The van der Waals surface area contributed by atoms with Crippen molar-refractivity contribution in [2.24, 2.45) is 0 Å². The van der Waals surface area contributed by atoms with Crippen molar-refractivity contribution in [3.8, 4) is 0 Å². The smallest absolute Gasteiger partial charge is 0.298 e. The molecule has 0 N–H and O–H groups in total. The van der Waals surface area contributed by atoms with E-state index in [1.165, 1.54) is 0 Å². The largest absolute Gasteiger partial charge is 0.416 e. The number of carbonyl (C=O) groups is 1. The van der Waals surface area contributed by atoms with Crippen LogP contribution in [-0.4, -0.2) is 12.5 Å². The van der Waals surface area contributed by atoms with E-state index >= 15 is 0 Å². The first-order valence-electron chi connectivity index (χ1n) is 3.47. The third-order valence-electron chi connectivity index (χ3n) is 1.62. The topological polar surface area (TPSA) is 17.1 Å². The number of aldehydes is 1. The van der Waals surface area contributed by atoms with Crippen LogP contribution in [0.4, 0.5) is 13.2 Å². The Morgan fingerprint density at radius 2 is 2.08 bits per heavy atom. The van der Waals surface area contributed by atoms with Crippen molar-refractivity contribution in [1.82, 2.24) is 0 Å². The third kappa shape index (κ3) is 1.96. The molecular formula is C8H7F3O. The molecule has 1 nitrogen and oxygen atoms in total. The van der Waals surface area contributed by atoms with E-state index in [0.717, 1.165) is 12.2 Å². The van der Waals surface area contributed by atoms with Crippen molar-refractivity contribution in [3.05, 3.63) is 23.3 Å². The van der Waals surface area contributed by atoms with Crippen LogP contribution < -0.4 is 0 Å². The molecule has 0 aliphatic heterocycles. The van der Waals surface area contributed by atoms with E-state index in [-0.39, 0.29) is 5.57 Å². The van der Waals surface area contributed by atoms with Crippen LogP contribution in [-0.2, 0) is 4.79 Å². The lowest BCUT2D eigenvalue weighted by Gasteiger charge is -2.12. The standard InChI is InChI=1S/C8H7F3O/c9-8(10,11)7-3-1-2-6(4-7)5-12/h3-5H,1-2H2. The molecule has 0 fully saturated rings. The van der Waals surface area contributed by atoms with Gasteiger partial charge < -0.3 is 0 Å². The van der Waals surface area contributed by atoms with Gasteiger partial charge in [-0.15, -0.1) is 0 Å². The molecule has 0 saturated carbocycles. The molecule has 0 amide bonds. The van der Waals surface area contributed by atoms with E-state index in [4.69, 9.17) is 0 Å². The minimum Gasteiger partial charge on any atom is -0.298 e. The fourth-order valence-corrected chi connectivity index (χ4v) is 1.02. The highest BCUT2D eigenvalue weighted by atomic mass is 19.4. The van der Waals surface area contributed by atoms with Crippen LogP contribution in [0.15, 0.2) is 23.3 Å². The first-order valence-corrected chi connectivity index (χ1v) is 3.47. The van der Waals surface area contributed by atoms with E-state index in [1.54, 1.807) is 0 Å². The fourth-order valence-electron chi connectivity index (χ4n) is 1.02. The van der Waals surface area contributed by atoms with Crippen molar-refractivity contribution < 1.29 is 18.0 Å². The average Bonchev–Trinajstić information content (AvgIpc) is 2.03. The molecule has 1 aliphatic rings. The number of alkyl halides is 3. The van der Waals surface area contributed by atoms with Gasteiger partial charge in [-0.25, -0.2) is 0 Å². The summed E-state index contributed by atoms with van der Waals surface area (Å²) in [5.74, 6) is 0. The van der Waals surface area contributed by atoms with Crippen molar-refractivity contribution >= 4 is 6.29 Å². The number of hydrogen-bond acceptors (Lipinski definition) is 1. The van der Waals surface area contributed by atoms with Gasteiger partial charge in [-0.1, -0.05) is 6.08 Å². The average molecular weight is 176 g/mol. The Bertz CT molecular complexity index is 248. The number of allylic oxidation sites excluding steroid dienone is 4. The molecule has 66 valence electrons. The minimum atomic E-state index is -4.32. The van der Waals surface area contributed by atoms with E-state index < -0.39 is 11.7 Å². The number of rotatable bonds is 1. The van der Waals surface area contributed by atoms with Crippen molar-refractivity contribution in [2.45, 2.75) is 19.0 Å². The summed E-state index contributed by atoms with van der Waals surface area (Å²) in [7, 11) is 0. The van der Waals surface area contributed by atoms with Crippen LogP contribution >= 0.6 is 0 Å². The molecule has 0 aromatic carbocycles. The molecule has 0 radical (unpaired) electrons. The van der Waals surface area contributed by atoms with Gasteiger partial charge in [-0.05, 0) is 24.5 Å². The summed E-state index contributed by atoms with van der Waals surface area (Å²) in [6.45, 7) is 0. The van der Waals surface area contributed by atoms with E-state index in [0.29, 0.717) is 19.1 Å². The maximum atomic E-state index is 12.0. The number of halogens is 3. The highest BCUT2D eigenvalue weighted by Gasteiger charge is 2.32. The van der Waals surface area contributed by atoms with Gasteiger partial charge in [0.25, 0.3) is 0 Å². The van der Waals surface area contributed by atoms with Gasteiger partial charge in [-0.2, -0.15) is 13.2 Å². The lowest BCUT2D eigenvalue weighted by molar-refractivity contribution is -0.105. The van der Waals surface area contributed by atoms with Gasteiger partial charge in [0.15, 0.2) is 0 Å². The van der Waals surface area contributed by atoms with Gasteiger partial charge in [-0.3, -0.25) is 4.79 Å². The minimum absolute atomic E-state index is 0.213. The van der Waals surface area contributed by atoms with Crippen LogP contribution in [0, 0.1) is 0 Å². The zero-order valence-electron chi connectivity index (χ0n) is 6.19. The summed E-state index contributed by atoms with van der Waals surface area (Å²) in [4.78, 5) is 10.2. The van der Waals surface area contributed by atoms with Crippen molar-refractivity contribution in [2.75, 3.05) is 0 Å². The summed E-state index contributed by atoms with van der Waals surface area (Å²) in [5.41, 5.74) is -0.499. The molecular weight excluding hydrogens is 169 g/mol. The Morgan fingerprint density at radius 3 is 2.58 bits per heavy atom. The maximum Gasteiger partial charge on any atom is 0.416 e. The predicted molar refractivity (Wildman–Crippen MR) is 37.5 cm³/mol. The van der Waals surface area contributed by atoms with Gasteiger partial charge in [0.2, 0.25) is 0 Å². The second kappa shape index (κ2) is 3.13. The monoisotopic (exact) mass is 176 g/mol. The molecule has 0 atom stereocenters. The van der Waals surface area contributed by atoms with Gasteiger partial charge in [0.05, 0.1) is 5.57 Å². The zero-order chi connectivity index (χ0) is 9.19. The molecule has 0 aromatic rings. The van der Waals surface area contributed by atoms with Crippen molar-refractivity contribution in [1.29, 1.82) is 0 Å². The summed E-state index contributed by atoms with van der Waals surface area (Å²) in [6.07, 6.45) is -1.15. The van der Waals surface area contributed by atoms with E-state index in [9.17, 15) is 18.0 Å². The molecule has 0 heterocycles. The number of carbonyl (C=O) groups excluding carboxylic acids is 1. The summed E-state index contributed by atoms with van der Waals surface area (Å²) in [6, 6.07) is 0. The van der Waals surface area contributed by atoms with Crippen molar-refractivity contribution in [3.63, 3.8) is 0 Å². The molecule has 0 saturated heterocycles. The number of hydrogen-bond donors (Lipinski definition) is 0. The molecule has 1 aliphatic carbocycles. The predicted octanol–water partition coefficient (Wildman–Crippen LogP) is 2.39. The van der Waals surface area contributed by atoms with Crippen LogP contribution in [0.3, 0.4) is 0 Å². The molecule has 1 rings (SSSR count). The van der Waals surface area contributed by atoms with Gasteiger partial charge >= 0.3 is 6.18 Å². The molecule has 0 bridgehead atoms. The Labute approximate surface area is 67.6 Å². The van der Waals surface area contributed by atoms with Crippen LogP contribution in [0.2, 0.25) is 0 Å². The highest BCUT2D eigenvalue weighted by molar-refractivity contribution is 5.75. The molecule has 4 heteroatoms. The fraction of sp³-hybridized carbons (Fsp3) is 0.375. The lowest BCUT2D eigenvalue weighted by atomic mass is 10.0. The Morgan fingerprint density at radius 1 is 1.42 bits per heavy atom. The maximum absolute atomic E-state index is 12.0. The van der Waals surface area contributed by atoms with Gasteiger partial charge in [0, 0.05) is 0 Å². The zero-order valence-corrected chi connectivity index (χ0v) is 6.19. The third-order valence-corrected chi connectivity index (χ3v) is 1.62. The van der Waals surface area contributed by atoms with Crippen LogP contribution in [0.1, 0.15) is 12.8 Å². The SMILES string of the molecule is O=CC1=CC(C(F)(F)F)=CCC1. The summed E-state index contributed by atoms with van der Waals surface area (Å²) < 4.78 is 36.1. The molecule has 0 unspecified atom stereocenters. The first kappa shape index (κ1) is 9.03. The molecule has 0 aromatic heterocycles. The first-order chi connectivity index (χ1) is 5.54. The van der Waals surface area contributed by atoms with E-state index in [2.05, 4.69) is 0 Å². The molecule has 0 spiro atoms. The Kier molecular flexibility index (Phi) is 2.35. The summed E-state index contributed by atoms with van der Waals surface area (Å²) >= 11 is 0. The molecule has 12 heavy (non-hydrogen) atoms. The van der Waals surface area contributed by atoms with E-state index in [1.807, 2.05) is 0 Å². The van der Waals surface area contributed by atoms with Crippen LogP contribution in [0.25, 0.3) is 0 Å². The van der Waals surface area contributed by atoms with Gasteiger partial charge in [0.1, 0.15) is 6.29 Å². The normalized spacial score (nSPS) is 18.2. The van der Waals surface area contributed by atoms with Crippen LogP contribution in [0.5, 0.6) is 0 Å².